The molecule has 0 aromatic carbocycles. The first-order valence-corrected chi connectivity index (χ1v) is 4.96. The summed E-state index contributed by atoms with van der Waals surface area (Å²) in [7, 11) is 0. The standard InChI is InChI=1S/C11H22/c1-6-11(9(2)3)8-7-10(11,4)5/h9H,6-8H2,1-5H3. The Bertz CT molecular complexity index is 140. The molecule has 0 aromatic rings. The first-order valence-electron chi connectivity index (χ1n) is 4.96. The monoisotopic (exact) mass is 154 g/mol. The van der Waals surface area contributed by atoms with Crippen molar-refractivity contribution in [1.29, 1.82) is 0 Å². The van der Waals surface area contributed by atoms with Gasteiger partial charge >= 0.3 is 0 Å². The third-order valence-electron chi connectivity index (χ3n) is 4.28. The Morgan fingerprint density at radius 3 is 1.73 bits per heavy atom. The molecule has 11 heavy (non-hydrogen) atoms. The quantitative estimate of drug-likeness (QED) is 0.566. The highest BCUT2D eigenvalue weighted by atomic mass is 14.6. The molecule has 0 radical (unpaired) electrons. The van der Waals surface area contributed by atoms with Gasteiger partial charge in [-0.05, 0) is 36.0 Å². The van der Waals surface area contributed by atoms with Crippen LogP contribution >= 0.6 is 0 Å². The molecule has 1 unspecified atom stereocenters. The van der Waals surface area contributed by atoms with Crippen LogP contribution in [0.15, 0.2) is 0 Å². The third-order valence-corrected chi connectivity index (χ3v) is 4.28. The smallest absolute Gasteiger partial charge is 0.0226 e. The van der Waals surface area contributed by atoms with Gasteiger partial charge in [-0.15, -0.1) is 0 Å². The second-order valence-corrected chi connectivity index (χ2v) is 5.05. The first kappa shape index (κ1) is 9.09. The van der Waals surface area contributed by atoms with E-state index in [2.05, 4.69) is 34.6 Å². The van der Waals surface area contributed by atoms with Crippen molar-refractivity contribution >= 4 is 0 Å². The molecule has 0 heteroatoms. The molecule has 1 saturated carbocycles. The van der Waals surface area contributed by atoms with Gasteiger partial charge in [-0.3, -0.25) is 0 Å². The van der Waals surface area contributed by atoms with Crippen LogP contribution < -0.4 is 0 Å². The summed E-state index contributed by atoms with van der Waals surface area (Å²) >= 11 is 0. The Kier molecular flexibility index (Phi) is 2.07. The fourth-order valence-corrected chi connectivity index (χ4v) is 3.08. The summed E-state index contributed by atoms with van der Waals surface area (Å²) in [6.45, 7) is 12.0. The van der Waals surface area contributed by atoms with E-state index >= 15 is 0 Å². The zero-order valence-electron chi connectivity index (χ0n) is 8.70. The van der Waals surface area contributed by atoms with Gasteiger partial charge in [0.25, 0.3) is 0 Å². The van der Waals surface area contributed by atoms with E-state index < -0.39 is 0 Å². The molecule has 0 saturated heterocycles. The number of hydrogen-bond donors (Lipinski definition) is 0. The van der Waals surface area contributed by atoms with Crippen molar-refractivity contribution < 1.29 is 0 Å². The Balaban J connectivity index is 2.78. The Morgan fingerprint density at radius 2 is 1.73 bits per heavy atom. The summed E-state index contributed by atoms with van der Waals surface area (Å²) in [6, 6.07) is 0. The topological polar surface area (TPSA) is 0 Å². The zero-order valence-corrected chi connectivity index (χ0v) is 8.70. The third kappa shape index (κ3) is 1.02. The minimum Gasteiger partial charge on any atom is -0.0648 e. The maximum atomic E-state index is 2.43. The van der Waals surface area contributed by atoms with Gasteiger partial charge in [0.05, 0.1) is 0 Å². The van der Waals surface area contributed by atoms with E-state index in [0.29, 0.717) is 10.8 Å². The fourth-order valence-electron chi connectivity index (χ4n) is 3.08. The summed E-state index contributed by atoms with van der Waals surface area (Å²) in [5.74, 6) is 0.858. The molecule has 1 atom stereocenters. The molecule has 0 aromatic heterocycles. The van der Waals surface area contributed by atoms with Gasteiger partial charge in [-0.1, -0.05) is 34.6 Å². The molecule has 0 bridgehead atoms. The molecule has 66 valence electrons. The maximum Gasteiger partial charge on any atom is -0.0226 e. The highest BCUT2D eigenvalue weighted by Gasteiger charge is 2.52. The number of hydrogen-bond acceptors (Lipinski definition) is 0. The summed E-state index contributed by atoms with van der Waals surface area (Å²) in [5, 5.41) is 0. The molecule has 1 rings (SSSR count). The zero-order chi connectivity index (χ0) is 8.70. The van der Waals surface area contributed by atoms with E-state index in [1.807, 2.05) is 0 Å². The first-order chi connectivity index (χ1) is 4.96. The summed E-state index contributed by atoms with van der Waals surface area (Å²) in [4.78, 5) is 0. The van der Waals surface area contributed by atoms with Gasteiger partial charge in [-0.25, -0.2) is 0 Å². The van der Waals surface area contributed by atoms with Gasteiger partial charge in [0.2, 0.25) is 0 Å². The van der Waals surface area contributed by atoms with Gasteiger partial charge < -0.3 is 0 Å². The van der Waals surface area contributed by atoms with E-state index in [0.717, 1.165) is 5.92 Å². The molecule has 0 nitrogen and oxygen atoms in total. The Labute approximate surface area is 71.4 Å². The van der Waals surface area contributed by atoms with Crippen molar-refractivity contribution in [3.8, 4) is 0 Å². The summed E-state index contributed by atoms with van der Waals surface area (Å²) in [5.41, 5.74) is 1.27. The van der Waals surface area contributed by atoms with Gasteiger partial charge in [0, 0.05) is 0 Å². The van der Waals surface area contributed by atoms with E-state index in [1.54, 1.807) is 0 Å². The SMILES string of the molecule is CCC1(C(C)C)CCC1(C)C. The predicted molar refractivity (Wildman–Crippen MR) is 50.6 cm³/mol. The second-order valence-electron chi connectivity index (χ2n) is 5.05. The lowest BCUT2D eigenvalue weighted by Gasteiger charge is -2.59. The van der Waals surface area contributed by atoms with Crippen molar-refractivity contribution in [2.24, 2.45) is 16.7 Å². The molecular weight excluding hydrogens is 132 g/mol. The van der Waals surface area contributed by atoms with E-state index in [4.69, 9.17) is 0 Å². The molecular formula is C11H22. The highest BCUT2D eigenvalue weighted by molar-refractivity contribution is 5.02. The van der Waals surface area contributed by atoms with E-state index in [9.17, 15) is 0 Å². The van der Waals surface area contributed by atoms with Crippen LogP contribution in [0.4, 0.5) is 0 Å². The van der Waals surface area contributed by atoms with Gasteiger partial charge in [0.1, 0.15) is 0 Å². The Morgan fingerprint density at radius 1 is 1.18 bits per heavy atom. The van der Waals surface area contributed by atoms with Crippen molar-refractivity contribution in [3.63, 3.8) is 0 Å². The summed E-state index contributed by atoms with van der Waals surface area (Å²) < 4.78 is 0. The lowest BCUT2D eigenvalue weighted by Crippen LogP contribution is -2.50. The second kappa shape index (κ2) is 2.50. The molecule has 0 aliphatic heterocycles. The lowest BCUT2D eigenvalue weighted by molar-refractivity contribution is -0.0932. The predicted octanol–water partition coefficient (Wildman–Crippen LogP) is 3.86. The van der Waals surface area contributed by atoms with E-state index in [1.165, 1.54) is 19.3 Å². The number of rotatable bonds is 2. The molecule has 1 aliphatic carbocycles. The van der Waals surface area contributed by atoms with Crippen LogP contribution in [0.2, 0.25) is 0 Å². The highest BCUT2D eigenvalue weighted by Crippen LogP contribution is 2.62. The Hall–Kier alpha value is 0. The fraction of sp³-hybridized carbons (Fsp3) is 1.00. The lowest BCUT2D eigenvalue weighted by atomic mass is 9.46. The largest absolute Gasteiger partial charge is 0.0648 e. The van der Waals surface area contributed by atoms with Crippen LogP contribution in [0.25, 0.3) is 0 Å². The van der Waals surface area contributed by atoms with Gasteiger partial charge in [0.15, 0.2) is 0 Å². The average molecular weight is 154 g/mol. The van der Waals surface area contributed by atoms with Crippen LogP contribution in [0.3, 0.4) is 0 Å². The van der Waals surface area contributed by atoms with Crippen molar-refractivity contribution in [2.75, 3.05) is 0 Å². The normalized spacial score (nSPS) is 35.5. The minimum absolute atomic E-state index is 0.607. The minimum atomic E-state index is 0.607. The summed E-state index contributed by atoms with van der Waals surface area (Å²) in [6.07, 6.45) is 4.24. The van der Waals surface area contributed by atoms with Crippen molar-refractivity contribution in [3.05, 3.63) is 0 Å². The average Bonchev–Trinajstić information content (AvgIpc) is 1.87. The van der Waals surface area contributed by atoms with Crippen molar-refractivity contribution in [2.45, 2.75) is 53.9 Å². The van der Waals surface area contributed by atoms with Crippen LogP contribution in [0, 0.1) is 16.7 Å². The van der Waals surface area contributed by atoms with Crippen molar-refractivity contribution in [1.82, 2.24) is 0 Å². The molecule has 1 fully saturated rings. The van der Waals surface area contributed by atoms with Crippen LogP contribution in [-0.4, -0.2) is 0 Å². The molecule has 0 amide bonds. The maximum absolute atomic E-state index is 2.43. The van der Waals surface area contributed by atoms with E-state index in [-0.39, 0.29) is 0 Å². The van der Waals surface area contributed by atoms with Gasteiger partial charge in [-0.2, -0.15) is 0 Å². The van der Waals surface area contributed by atoms with Crippen LogP contribution in [-0.2, 0) is 0 Å². The molecule has 0 N–H and O–H groups in total. The molecule has 1 aliphatic rings. The van der Waals surface area contributed by atoms with Crippen LogP contribution in [0.5, 0.6) is 0 Å². The molecule has 0 heterocycles. The molecule has 0 spiro atoms. The van der Waals surface area contributed by atoms with Crippen LogP contribution in [0.1, 0.15) is 53.9 Å².